The van der Waals surface area contributed by atoms with Crippen molar-refractivity contribution in [2.45, 2.75) is 19.8 Å². The first kappa shape index (κ1) is 28.6. The maximum Gasteiger partial charge on any atom is 0.257 e. The van der Waals surface area contributed by atoms with Crippen LogP contribution in [-0.4, -0.2) is 61.3 Å². The number of anilines is 1. The van der Waals surface area contributed by atoms with Crippen LogP contribution in [0.3, 0.4) is 0 Å². The molecule has 0 bridgehead atoms. The average molecular weight is 561 g/mol. The van der Waals surface area contributed by atoms with Crippen LogP contribution < -0.4 is 19.5 Å². The topological polar surface area (TPSA) is 103 Å². The van der Waals surface area contributed by atoms with Crippen molar-refractivity contribution >= 4 is 28.3 Å². The van der Waals surface area contributed by atoms with E-state index in [9.17, 15) is 9.59 Å². The summed E-state index contributed by atoms with van der Waals surface area (Å²) < 4.78 is 16.2. The van der Waals surface area contributed by atoms with Crippen molar-refractivity contribution in [3.05, 3.63) is 83.4 Å². The van der Waals surface area contributed by atoms with Gasteiger partial charge in [-0.2, -0.15) is 0 Å². The molecule has 0 spiro atoms. The lowest BCUT2D eigenvalue weighted by Gasteiger charge is -2.24. The van der Waals surface area contributed by atoms with Gasteiger partial charge < -0.3 is 24.4 Å². The van der Waals surface area contributed by atoms with Gasteiger partial charge in [0, 0.05) is 25.1 Å². The number of ether oxygens (including phenoxy) is 3. The third-order valence-corrected chi connectivity index (χ3v) is 7.21. The molecule has 0 radical (unpaired) electrons. The van der Waals surface area contributed by atoms with Gasteiger partial charge in [-0.1, -0.05) is 59.4 Å². The van der Waals surface area contributed by atoms with E-state index in [0.717, 1.165) is 21.7 Å². The standard InChI is InChI=1S/C30H32N4O5S/c1-20-9-12-22(13-10-20)28-32-33-30(40-28)31-27(35)16-18-34(29(36)23-7-5-6-8-24(23)37-2)17-15-21-11-14-25(38-3)26(19-21)39-4/h5-14,19H,15-18H2,1-4H3,(H,31,33,35). The quantitative estimate of drug-likeness (QED) is 0.252. The van der Waals surface area contributed by atoms with Gasteiger partial charge >= 0.3 is 0 Å². The van der Waals surface area contributed by atoms with Crippen LogP contribution in [0.4, 0.5) is 5.13 Å². The fourth-order valence-corrected chi connectivity index (χ4v) is 4.88. The first-order valence-corrected chi connectivity index (χ1v) is 13.6. The summed E-state index contributed by atoms with van der Waals surface area (Å²) in [7, 11) is 4.70. The number of amides is 2. The summed E-state index contributed by atoms with van der Waals surface area (Å²) in [6.07, 6.45) is 0.644. The Hall–Kier alpha value is -4.44. The third-order valence-electron chi connectivity index (χ3n) is 6.32. The lowest BCUT2D eigenvalue weighted by molar-refractivity contribution is -0.116. The van der Waals surface area contributed by atoms with Gasteiger partial charge in [0.05, 0.1) is 26.9 Å². The second-order valence-electron chi connectivity index (χ2n) is 9.01. The van der Waals surface area contributed by atoms with Crippen molar-refractivity contribution in [3.63, 3.8) is 0 Å². The molecule has 4 aromatic rings. The van der Waals surface area contributed by atoms with E-state index in [1.54, 1.807) is 37.3 Å². The molecule has 0 saturated carbocycles. The molecular formula is C30H32N4O5S. The number of nitrogens with zero attached hydrogens (tertiary/aromatic N) is 3. The second kappa shape index (κ2) is 13.6. The van der Waals surface area contributed by atoms with E-state index in [4.69, 9.17) is 14.2 Å². The number of carbonyl (C=O) groups is 2. The highest BCUT2D eigenvalue weighted by atomic mass is 32.1. The Kier molecular flexibility index (Phi) is 9.69. The number of nitrogens with one attached hydrogen (secondary N) is 1. The average Bonchev–Trinajstić information content (AvgIpc) is 3.45. The fraction of sp³-hybridized carbons (Fsp3) is 0.267. The minimum absolute atomic E-state index is 0.0896. The summed E-state index contributed by atoms with van der Waals surface area (Å²) >= 11 is 1.30. The van der Waals surface area contributed by atoms with Gasteiger partial charge in [-0.05, 0) is 43.2 Å². The molecule has 4 rings (SSSR count). The van der Waals surface area contributed by atoms with Gasteiger partial charge in [-0.3, -0.25) is 9.59 Å². The predicted molar refractivity (Wildman–Crippen MR) is 155 cm³/mol. The molecule has 0 saturated heterocycles. The number of aryl methyl sites for hydroxylation is 1. The Morgan fingerprint density at radius 1 is 0.850 bits per heavy atom. The van der Waals surface area contributed by atoms with Crippen molar-refractivity contribution in [2.24, 2.45) is 0 Å². The zero-order chi connectivity index (χ0) is 28.5. The van der Waals surface area contributed by atoms with E-state index in [1.165, 1.54) is 18.4 Å². The van der Waals surface area contributed by atoms with E-state index in [-0.39, 0.29) is 24.8 Å². The van der Waals surface area contributed by atoms with E-state index < -0.39 is 0 Å². The largest absolute Gasteiger partial charge is 0.496 e. The van der Waals surface area contributed by atoms with Crippen molar-refractivity contribution in [3.8, 4) is 27.8 Å². The highest BCUT2D eigenvalue weighted by molar-refractivity contribution is 7.18. The smallest absolute Gasteiger partial charge is 0.257 e. The number of aromatic nitrogens is 2. The van der Waals surface area contributed by atoms with Gasteiger partial charge in [0.15, 0.2) is 11.5 Å². The Labute approximate surface area is 237 Å². The van der Waals surface area contributed by atoms with Crippen molar-refractivity contribution in [1.29, 1.82) is 0 Å². The first-order chi connectivity index (χ1) is 19.4. The van der Waals surface area contributed by atoms with E-state index >= 15 is 0 Å². The maximum atomic E-state index is 13.6. The molecule has 1 aromatic heterocycles. The van der Waals surface area contributed by atoms with Gasteiger partial charge in [0.1, 0.15) is 10.8 Å². The van der Waals surface area contributed by atoms with E-state index in [0.29, 0.717) is 40.9 Å². The summed E-state index contributed by atoms with van der Waals surface area (Å²) in [5, 5.41) is 12.3. The number of hydrogen-bond donors (Lipinski definition) is 1. The minimum atomic E-state index is -0.254. The SMILES string of the molecule is COc1ccc(CCN(CCC(=O)Nc2nnc(-c3ccc(C)cc3)s2)C(=O)c2ccccc2OC)cc1OC. The Bertz CT molecular complexity index is 1450. The molecule has 0 aliphatic carbocycles. The van der Waals surface area contributed by atoms with Crippen LogP contribution in [0, 0.1) is 6.92 Å². The van der Waals surface area contributed by atoms with Gasteiger partial charge in [-0.25, -0.2) is 0 Å². The number of methoxy groups -OCH3 is 3. The van der Waals surface area contributed by atoms with E-state index in [1.807, 2.05) is 55.5 Å². The summed E-state index contributed by atoms with van der Waals surface area (Å²) in [5.41, 5.74) is 3.49. The molecule has 0 atom stereocenters. The molecule has 0 unspecified atom stereocenters. The summed E-state index contributed by atoms with van der Waals surface area (Å²) in [6, 6.07) is 20.7. The summed E-state index contributed by atoms with van der Waals surface area (Å²) in [6.45, 7) is 2.61. The van der Waals surface area contributed by atoms with Crippen LogP contribution in [0.5, 0.6) is 17.2 Å². The molecule has 10 heteroatoms. The van der Waals surface area contributed by atoms with Crippen LogP contribution in [-0.2, 0) is 11.2 Å². The maximum absolute atomic E-state index is 13.6. The molecule has 0 fully saturated rings. The molecule has 1 N–H and O–H groups in total. The first-order valence-electron chi connectivity index (χ1n) is 12.8. The highest BCUT2D eigenvalue weighted by Crippen LogP contribution is 2.29. The van der Waals surface area contributed by atoms with Crippen molar-refractivity contribution in [2.75, 3.05) is 39.7 Å². The third kappa shape index (κ3) is 7.15. The van der Waals surface area contributed by atoms with Crippen molar-refractivity contribution < 1.29 is 23.8 Å². The molecular weight excluding hydrogens is 528 g/mol. The highest BCUT2D eigenvalue weighted by Gasteiger charge is 2.21. The zero-order valence-electron chi connectivity index (χ0n) is 23.0. The van der Waals surface area contributed by atoms with Gasteiger partial charge in [-0.15, -0.1) is 10.2 Å². The number of hydrogen-bond acceptors (Lipinski definition) is 8. The molecule has 3 aromatic carbocycles. The normalized spacial score (nSPS) is 10.6. The molecule has 208 valence electrons. The molecule has 1 heterocycles. The van der Waals surface area contributed by atoms with Crippen LogP contribution in [0.1, 0.15) is 27.9 Å². The Balaban J connectivity index is 1.45. The zero-order valence-corrected chi connectivity index (χ0v) is 23.8. The molecule has 2 amide bonds. The number of para-hydroxylation sites is 1. The molecule has 40 heavy (non-hydrogen) atoms. The second-order valence-corrected chi connectivity index (χ2v) is 9.99. The van der Waals surface area contributed by atoms with Crippen LogP contribution in [0.2, 0.25) is 0 Å². The number of carbonyl (C=O) groups excluding carboxylic acids is 2. The van der Waals surface area contributed by atoms with Crippen LogP contribution >= 0.6 is 11.3 Å². The lowest BCUT2D eigenvalue weighted by Crippen LogP contribution is -2.35. The number of rotatable bonds is 12. The monoisotopic (exact) mass is 560 g/mol. The van der Waals surface area contributed by atoms with Crippen molar-refractivity contribution in [1.82, 2.24) is 15.1 Å². The Morgan fingerprint density at radius 3 is 2.30 bits per heavy atom. The van der Waals surface area contributed by atoms with Crippen LogP contribution in [0.25, 0.3) is 10.6 Å². The minimum Gasteiger partial charge on any atom is -0.496 e. The van der Waals surface area contributed by atoms with E-state index in [2.05, 4.69) is 15.5 Å². The number of benzene rings is 3. The van der Waals surface area contributed by atoms with Gasteiger partial charge in [0.25, 0.3) is 5.91 Å². The predicted octanol–water partition coefficient (Wildman–Crippen LogP) is 5.25. The summed E-state index contributed by atoms with van der Waals surface area (Å²) in [5.74, 6) is 1.25. The molecule has 9 nitrogen and oxygen atoms in total. The molecule has 0 aliphatic rings. The Morgan fingerprint density at radius 2 is 1.57 bits per heavy atom. The molecule has 0 aliphatic heterocycles. The summed E-state index contributed by atoms with van der Waals surface area (Å²) in [4.78, 5) is 28.1. The fourth-order valence-electron chi connectivity index (χ4n) is 4.11. The lowest BCUT2D eigenvalue weighted by atomic mass is 10.1. The van der Waals surface area contributed by atoms with Crippen LogP contribution in [0.15, 0.2) is 66.7 Å². The van der Waals surface area contributed by atoms with Gasteiger partial charge in [0.2, 0.25) is 11.0 Å².